The lowest BCUT2D eigenvalue weighted by atomic mass is 10.2. The van der Waals surface area contributed by atoms with E-state index in [-0.39, 0.29) is 0 Å². The van der Waals surface area contributed by atoms with Gasteiger partial charge in [0.15, 0.2) is 0 Å². The number of H-pyrrole nitrogens is 3. The number of rotatable bonds is 0. The summed E-state index contributed by atoms with van der Waals surface area (Å²) >= 11 is 0. The molecule has 10 rings (SSSR count). The molecular weight excluding hydrogens is 552 g/mol. The van der Waals surface area contributed by atoms with Crippen LogP contribution >= 0.6 is 0 Å². The zero-order chi connectivity index (χ0) is 30.3. The number of fused-ring (bicyclic) bond motifs is 9. The van der Waals surface area contributed by atoms with Gasteiger partial charge in [-0.2, -0.15) is 0 Å². The van der Waals surface area contributed by atoms with Gasteiger partial charge in [-0.3, -0.25) is 0 Å². The van der Waals surface area contributed by atoms with Crippen molar-refractivity contribution in [2.75, 3.05) is 0 Å². The molecule has 6 heteroatoms. The predicted octanol–water partition coefficient (Wildman–Crippen LogP) is 9.83. The van der Waals surface area contributed by atoms with E-state index >= 15 is 0 Å². The number of aromatic nitrogens is 6. The molecule has 4 aromatic heterocycles. The standard InChI is InChI=1S/3C12H9N.C3H3N3/c3*1-3-7-11-9(5-1)10-6-2-4-8-12(10)13-11;1-4-2-6-3-5-1/h3*1-8,13H;1-3H. The molecular formula is C39H30N6. The minimum atomic E-state index is 1.21. The average molecular weight is 583 g/mol. The van der Waals surface area contributed by atoms with Crippen LogP contribution in [0.5, 0.6) is 0 Å². The summed E-state index contributed by atoms with van der Waals surface area (Å²) in [6, 6.07) is 50.3. The van der Waals surface area contributed by atoms with Gasteiger partial charge in [0, 0.05) is 65.4 Å². The minimum Gasteiger partial charge on any atom is -0.355 e. The van der Waals surface area contributed by atoms with Crippen molar-refractivity contribution in [1.29, 1.82) is 0 Å². The summed E-state index contributed by atoms with van der Waals surface area (Å²) in [5.74, 6) is 0. The van der Waals surface area contributed by atoms with Gasteiger partial charge in [-0.1, -0.05) is 109 Å². The third-order valence-electron chi connectivity index (χ3n) is 7.64. The van der Waals surface area contributed by atoms with Crippen LogP contribution in [0.3, 0.4) is 0 Å². The number of hydrogen-bond acceptors (Lipinski definition) is 3. The first-order valence-electron chi connectivity index (χ1n) is 14.8. The van der Waals surface area contributed by atoms with E-state index in [0.29, 0.717) is 0 Å². The van der Waals surface area contributed by atoms with E-state index in [0.717, 1.165) is 0 Å². The summed E-state index contributed by atoms with van der Waals surface area (Å²) in [6.07, 6.45) is 4.31. The molecule has 0 spiro atoms. The molecule has 0 aliphatic carbocycles. The van der Waals surface area contributed by atoms with E-state index in [9.17, 15) is 0 Å². The van der Waals surface area contributed by atoms with Crippen LogP contribution < -0.4 is 0 Å². The van der Waals surface area contributed by atoms with Gasteiger partial charge >= 0.3 is 0 Å². The number of para-hydroxylation sites is 6. The monoisotopic (exact) mass is 582 g/mol. The van der Waals surface area contributed by atoms with Gasteiger partial charge in [0.05, 0.1) is 0 Å². The molecule has 0 aliphatic rings. The maximum atomic E-state index is 3.56. The molecule has 0 bridgehead atoms. The summed E-state index contributed by atoms with van der Waals surface area (Å²) < 4.78 is 0. The first-order valence-corrected chi connectivity index (χ1v) is 14.8. The van der Waals surface area contributed by atoms with Crippen LogP contribution in [0.15, 0.2) is 165 Å². The van der Waals surface area contributed by atoms with Crippen LogP contribution in [-0.2, 0) is 0 Å². The average Bonchev–Trinajstić information content (AvgIpc) is 3.81. The molecule has 0 saturated carbocycles. The summed E-state index contributed by atoms with van der Waals surface area (Å²) in [7, 11) is 0. The fraction of sp³-hybridized carbons (Fsp3) is 0. The number of aromatic amines is 3. The van der Waals surface area contributed by atoms with E-state index in [1.165, 1.54) is 84.4 Å². The Morgan fingerprint density at radius 1 is 0.244 bits per heavy atom. The van der Waals surface area contributed by atoms with Crippen LogP contribution in [0.1, 0.15) is 0 Å². The fourth-order valence-corrected chi connectivity index (χ4v) is 5.60. The van der Waals surface area contributed by atoms with Gasteiger partial charge in [0.25, 0.3) is 0 Å². The number of hydrogen-bond donors (Lipinski definition) is 3. The smallest absolute Gasteiger partial charge is 0.119 e. The molecule has 0 saturated heterocycles. The van der Waals surface area contributed by atoms with Gasteiger partial charge in [-0.25, -0.2) is 15.0 Å². The van der Waals surface area contributed by atoms with Crippen molar-refractivity contribution in [2.24, 2.45) is 0 Å². The van der Waals surface area contributed by atoms with Crippen molar-refractivity contribution in [3.05, 3.63) is 165 Å². The van der Waals surface area contributed by atoms with Crippen molar-refractivity contribution in [1.82, 2.24) is 29.9 Å². The second kappa shape index (κ2) is 12.9. The highest BCUT2D eigenvalue weighted by Crippen LogP contribution is 2.26. The molecule has 6 aromatic carbocycles. The lowest BCUT2D eigenvalue weighted by Gasteiger charge is -1.87. The quantitative estimate of drug-likeness (QED) is 0.166. The number of benzene rings is 6. The fourth-order valence-electron chi connectivity index (χ4n) is 5.60. The van der Waals surface area contributed by atoms with E-state index in [1.54, 1.807) is 0 Å². The van der Waals surface area contributed by atoms with E-state index in [4.69, 9.17) is 0 Å². The summed E-state index contributed by atoms with van der Waals surface area (Å²) in [5, 5.41) is 7.82. The SMILES string of the molecule is c1ccc2c(c1)[nH]c1ccccc12.c1ccc2c(c1)[nH]c1ccccc12.c1ccc2c(c1)[nH]c1ccccc12.c1ncncn1. The minimum absolute atomic E-state index is 1.21. The second-order valence-corrected chi connectivity index (χ2v) is 10.4. The molecule has 4 heterocycles. The van der Waals surface area contributed by atoms with Crippen molar-refractivity contribution < 1.29 is 0 Å². The lowest BCUT2D eigenvalue weighted by Crippen LogP contribution is -1.73. The molecule has 6 nitrogen and oxygen atoms in total. The maximum absolute atomic E-state index is 3.56. The van der Waals surface area contributed by atoms with Crippen molar-refractivity contribution in [3.8, 4) is 0 Å². The zero-order valence-corrected chi connectivity index (χ0v) is 24.4. The summed E-state index contributed by atoms with van der Waals surface area (Å²) in [5.41, 5.74) is 7.27. The Hall–Kier alpha value is -6.27. The molecule has 3 N–H and O–H groups in total. The number of nitrogens with one attached hydrogen (secondary N) is 3. The third-order valence-corrected chi connectivity index (χ3v) is 7.64. The molecule has 0 atom stereocenters. The van der Waals surface area contributed by atoms with Gasteiger partial charge in [-0.15, -0.1) is 0 Å². The first-order chi connectivity index (χ1) is 22.3. The zero-order valence-electron chi connectivity index (χ0n) is 24.4. The van der Waals surface area contributed by atoms with E-state index < -0.39 is 0 Å². The lowest BCUT2D eigenvalue weighted by molar-refractivity contribution is 1.05. The van der Waals surface area contributed by atoms with Crippen molar-refractivity contribution in [3.63, 3.8) is 0 Å². The molecule has 10 aromatic rings. The van der Waals surface area contributed by atoms with E-state index in [1.807, 2.05) is 0 Å². The predicted molar refractivity (Wildman–Crippen MR) is 187 cm³/mol. The highest BCUT2D eigenvalue weighted by Gasteiger charge is 2.02. The normalized spacial score (nSPS) is 10.7. The highest BCUT2D eigenvalue weighted by atomic mass is 14.9. The van der Waals surface area contributed by atoms with Gasteiger partial charge < -0.3 is 15.0 Å². The van der Waals surface area contributed by atoms with Crippen molar-refractivity contribution >= 4 is 65.4 Å². The van der Waals surface area contributed by atoms with Crippen LogP contribution in [-0.4, -0.2) is 29.9 Å². The van der Waals surface area contributed by atoms with Crippen LogP contribution in [0.25, 0.3) is 65.4 Å². The Balaban J connectivity index is 0.0000000995. The van der Waals surface area contributed by atoms with Gasteiger partial charge in [-0.05, 0) is 36.4 Å². The Bertz CT molecular complexity index is 2020. The molecule has 0 aliphatic heterocycles. The topological polar surface area (TPSA) is 86.0 Å². The van der Waals surface area contributed by atoms with Crippen LogP contribution in [0.2, 0.25) is 0 Å². The summed E-state index contributed by atoms with van der Waals surface area (Å²) in [6.45, 7) is 0. The molecule has 216 valence electrons. The Morgan fingerprint density at radius 3 is 0.600 bits per heavy atom. The van der Waals surface area contributed by atoms with E-state index in [2.05, 4.69) is 175 Å². The molecule has 0 unspecified atom stereocenters. The maximum Gasteiger partial charge on any atom is 0.119 e. The third kappa shape index (κ3) is 5.98. The Morgan fingerprint density at radius 2 is 0.422 bits per heavy atom. The Labute approximate surface area is 259 Å². The van der Waals surface area contributed by atoms with Crippen LogP contribution in [0.4, 0.5) is 0 Å². The van der Waals surface area contributed by atoms with Gasteiger partial charge in [0.1, 0.15) is 19.0 Å². The van der Waals surface area contributed by atoms with Crippen molar-refractivity contribution in [2.45, 2.75) is 0 Å². The van der Waals surface area contributed by atoms with Crippen LogP contribution in [0, 0.1) is 0 Å². The molecule has 0 fully saturated rings. The first kappa shape index (κ1) is 27.6. The summed E-state index contributed by atoms with van der Waals surface area (Å²) in [4.78, 5) is 20.8. The number of nitrogens with zero attached hydrogens (tertiary/aromatic N) is 3. The van der Waals surface area contributed by atoms with Gasteiger partial charge in [0.2, 0.25) is 0 Å². The molecule has 45 heavy (non-hydrogen) atoms. The largest absolute Gasteiger partial charge is 0.355 e. The highest BCUT2D eigenvalue weighted by molar-refractivity contribution is 6.08. The molecule has 0 amide bonds. The Kier molecular flexibility index (Phi) is 7.92. The molecule has 0 radical (unpaired) electrons. The second-order valence-electron chi connectivity index (χ2n) is 10.4.